The van der Waals surface area contributed by atoms with Crippen LogP contribution in [0.3, 0.4) is 0 Å². The molecule has 0 aromatic heterocycles. The largest absolute Gasteiger partial charge is 0.391 e. The van der Waals surface area contributed by atoms with Crippen LogP contribution in [0.5, 0.6) is 0 Å². The van der Waals surface area contributed by atoms with Crippen LogP contribution >= 0.6 is 0 Å². The monoisotopic (exact) mass is 248 g/mol. The Bertz CT molecular complexity index is 422. The number of nitrogens with zero attached hydrogens (tertiary/aromatic N) is 1. The Balaban J connectivity index is 2.15. The number of carbonyl (C=O) groups excluding carboxylic acids is 2. The Morgan fingerprint density at radius 2 is 2.17 bits per heavy atom. The van der Waals surface area contributed by atoms with Crippen molar-refractivity contribution in [3.8, 4) is 0 Å². The molecule has 5 nitrogen and oxygen atoms in total. The van der Waals surface area contributed by atoms with Crippen molar-refractivity contribution >= 4 is 12.3 Å². The molecule has 18 heavy (non-hydrogen) atoms. The lowest BCUT2D eigenvalue weighted by atomic mass is 10.1. The summed E-state index contributed by atoms with van der Waals surface area (Å²) < 4.78 is 0. The van der Waals surface area contributed by atoms with Crippen molar-refractivity contribution in [2.45, 2.75) is 18.6 Å². The van der Waals surface area contributed by atoms with E-state index in [-0.39, 0.29) is 5.91 Å². The number of nitrogens with one attached hydrogen (secondary N) is 1. The maximum absolute atomic E-state index is 12.3. The Labute approximate surface area is 105 Å². The van der Waals surface area contributed by atoms with E-state index in [1.54, 1.807) is 17.0 Å². The van der Waals surface area contributed by atoms with Gasteiger partial charge in [-0.25, -0.2) is 0 Å². The highest BCUT2D eigenvalue weighted by Gasteiger charge is 2.30. The number of rotatable bonds is 4. The van der Waals surface area contributed by atoms with E-state index in [2.05, 4.69) is 5.32 Å². The molecule has 2 atom stereocenters. The van der Waals surface area contributed by atoms with E-state index in [0.29, 0.717) is 25.9 Å². The fourth-order valence-corrected chi connectivity index (χ4v) is 2.15. The van der Waals surface area contributed by atoms with Gasteiger partial charge in [0.25, 0.3) is 0 Å². The van der Waals surface area contributed by atoms with Crippen molar-refractivity contribution in [2.75, 3.05) is 13.1 Å². The van der Waals surface area contributed by atoms with E-state index in [0.717, 1.165) is 5.56 Å². The molecule has 0 aliphatic carbocycles. The summed E-state index contributed by atoms with van der Waals surface area (Å²) in [6, 6.07) is 8.42. The first-order valence-corrected chi connectivity index (χ1v) is 5.94. The molecule has 2 N–H and O–H groups in total. The maximum atomic E-state index is 12.3. The first-order chi connectivity index (χ1) is 8.72. The lowest BCUT2D eigenvalue weighted by Crippen LogP contribution is -2.39. The summed E-state index contributed by atoms with van der Waals surface area (Å²) in [6.45, 7) is 0.868. The van der Waals surface area contributed by atoms with E-state index in [9.17, 15) is 14.7 Å². The van der Waals surface area contributed by atoms with Gasteiger partial charge in [0.2, 0.25) is 12.3 Å². The summed E-state index contributed by atoms with van der Waals surface area (Å²) in [7, 11) is 0. The van der Waals surface area contributed by atoms with Gasteiger partial charge in [-0.3, -0.25) is 9.59 Å². The van der Waals surface area contributed by atoms with E-state index in [1.165, 1.54) is 0 Å². The first-order valence-electron chi connectivity index (χ1n) is 5.94. The topological polar surface area (TPSA) is 69.6 Å². The highest BCUT2D eigenvalue weighted by Crippen LogP contribution is 2.18. The summed E-state index contributed by atoms with van der Waals surface area (Å²) >= 11 is 0. The van der Waals surface area contributed by atoms with E-state index in [1.807, 2.05) is 18.2 Å². The molecule has 1 heterocycles. The molecule has 2 rings (SSSR count). The highest BCUT2D eigenvalue weighted by molar-refractivity contribution is 5.85. The molecule has 1 fully saturated rings. The molecular weight excluding hydrogens is 232 g/mol. The third-order valence-electron chi connectivity index (χ3n) is 3.09. The zero-order chi connectivity index (χ0) is 13.0. The molecule has 1 aromatic carbocycles. The first kappa shape index (κ1) is 12.6. The number of carbonyl (C=O) groups is 2. The second kappa shape index (κ2) is 5.64. The summed E-state index contributed by atoms with van der Waals surface area (Å²) in [4.78, 5) is 24.5. The number of β-amino-alcohol motifs (C(OH)–C–C–N with tert-alkyl or cyclic N) is 1. The Morgan fingerprint density at radius 3 is 2.72 bits per heavy atom. The molecule has 2 amide bonds. The fourth-order valence-electron chi connectivity index (χ4n) is 2.15. The Hall–Kier alpha value is -1.88. The summed E-state index contributed by atoms with van der Waals surface area (Å²) in [5.41, 5.74) is 0.746. The quantitative estimate of drug-likeness (QED) is 0.741. The number of aliphatic hydroxyl groups is 1. The summed E-state index contributed by atoms with van der Waals surface area (Å²) in [5.74, 6) is -0.176. The van der Waals surface area contributed by atoms with Crippen molar-refractivity contribution in [1.29, 1.82) is 0 Å². The second-order valence-electron chi connectivity index (χ2n) is 4.35. The Kier molecular flexibility index (Phi) is 3.94. The van der Waals surface area contributed by atoms with Crippen LogP contribution in [0.1, 0.15) is 18.0 Å². The molecule has 0 spiro atoms. The maximum Gasteiger partial charge on any atom is 0.249 e. The number of likely N-dealkylation sites (tertiary alicyclic amines) is 1. The van der Waals surface area contributed by atoms with E-state index < -0.39 is 12.1 Å². The average molecular weight is 248 g/mol. The van der Waals surface area contributed by atoms with Crippen LogP contribution in [-0.2, 0) is 9.59 Å². The molecule has 96 valence electrons. The predicted octanol–water partition coefficient (Wildman–Crippen LogP) is 0.0669. The smallest absolute Gasteiger partial charge is 0.249 e. The van der Waals surface area contributed by atoms with Crippen LogP contribution in [0.4, 0.5) is 0 Å². The average Bonchev–Trinajstić information content (AvgIpc) is 2.83. The molecule has 1 saturated heterocycles. The normalized spacial score (nSPS) is 20.5. The second-order valence-corrected chi connectivity index (χ2v) is 4.35. The van der Waals surface area contributed by atoms with Gasteiger partial charge in [-0.05, 0) is 12.0 Å². The minimum Gasteiger partial charge on any atom is -0.391 e. The molecule has 1 unspecified atom stereocenters. The molecule has 0 saturated carbocycles. The van der Waals surface area contributed by atoms with Gasteiger partial charge in [0, 0.05) is 13.1 Å². The number of benzene rings is 1. The van der Waals surface area contributed by atoms with Crippen molar-refractivity contribution in [3.05, 3.63) is 35.9 Å². The van der Waals surface area contributed by atoms with E-state index in [4.69, 9.17) is 0 Å². The third kappa shape index (κ3) is 2.68. The van der Waals surface area contributed by atoms with Crippen LogP contribution in [0.2, 0.25) is 0 Å². The molecule has 0 radical (unpaired) electrons. The van der Waals surface area contributed by atoms with Gasteiger partial charge in [0.05, 0.1) is 6.10 Å². The minimum atomic E-state index is -0.672. The zero-order valence-electron chi connectivity index (χ0n) is 9.95. The fraction of sp³-hybridized carbons (Fsp3) is 0.385. The lowest BCUT2D eigenvalue weighted by Gasteiger charge is -2.23. The number of aliphatic hydroxyl groups excluding tert-OH is 1. The van der Waals surface area contributed by atoms with Crippen LogP contribution in [0.15, 0.2) is 30.3 Å². The molecular formula is C13H16N2O3. The number of hydrogen-bond acceptors (Lipinski definition) is 3. The van der Waals surface area contributed by atoms with Gasteiger partial charge < -0.3 is 15.3 Å². The van der Waals surface area contributed by atoms with Gasteiger partial charge in [-0.1, -0.05) is 30.3 Å². The number of hydrogen-bond donors (Lipinski definition) is 2. The van der Waals surface area contributed by atoms with Crippen LogP contribution < -0.4 is 5.32 Å². The lowest BCUT2D eigenvalue weighted by molar-refractivity contribution is -0.134. The molecule has 5 heteroatoms. The summed E-state index contributed by atoms with van der Waals surface area (Å²) in [5, 5.41) is 12.0. The van der Waals surface area contributed by atoms with Gasteiger partial charge in [-0.2, -0.15) is 0 Å². The molecule has 0 bridgehead atoms. The van der Waals surface area contributed by atoms with Crippen LogP contribution in [0, 0.1) is 0 Å². The zero-order valence-corrected chi connectivity index (χ0v) is 9.95. The summed E-state index contributed by atoms with van der Waals surface area (Å²) in [6.07, 6.45) is 0.665. The minimum absolute atomic E-state index is 0.176. The molecule has 1 aromatic rings. The van der Waals surface area contributed by atoms with Gasteiger partial charge >= 0.3 is 0 Å². The van der Waals surface area contributed by atoms with Crippen LogP contribution in [-0.4, -0.2) is 41.5 Å². The van der Waals surface area contributed by atoms with Gasteiger partial charge in [0.1, 0.15) is 6.04 Å². The molecule has 1 aliphatic rings. The van der Waals surface area contributed by atoms with Crippen molar-refractivity contribution in [2.24, 2.45) is 0 Å². The van der Waals surface area contributed by atoms with Crippen molar-refractivity contribution < 1.29 is 14.7 Å². The number of amides is 2. The van der Waals surface area contributed by atoms with Crippen molar-refractivity contribution in [3.63, 3.8) is 0 Å². The van der Waals surface area contributed by atoms with Crippen molar-refractivity contribution in [1.82, 2.24) is 10.2 Å². The molecule has 1 aliphatic heterocycles. The van der Waals surface area contributed by atoms with Crippen LogP contribution in [0.25, 0.3) is 0 Å². The SMILES string of the molecule is O=CNC(C(=O)N1CC[C@@H](O)C1)c1ccccc1. The van der Waals surface area contributed by atoms with Gasteiger partial charge in [0.15, 0.2) is 0 Å². The predicted molar refractivity (Wildman–Crippen MR) is 65.6 cm³/mol. The van der Waals surface area contributed by atoms with E-state index >= 15 is 0 Å². The highest BCUT2D eigenvalue weighted by atomic mass is 16.3. The third-order valence-corrected chi connectivity index (χ3v) is 3.09. The Morgan fingerprint density at radius 1 is 1.44 bits per heavy atom. The van der Waals surface area contributed by atoms with Gasteiger partial charge in [-0.15, -0.1) is 0 Å². The standard InChI is InChI=1S/C13H16N2O3/c16-9-14-12(10-4-2-1-3-5-10)13(18)15-7-6-11(17)8-15/h1-5,9,11-12,17H,6-8H2,(H,14,16)/t11-,12?/m1/s1.